The van der Waals surface area contributed by atoms with Crippen LogP contribution in [-0.2, 0) is 19.4 Å². The maximum Gasteiger partial charge on any atom is 0.397 e. The summed E-state index contributed by atoms with van der Waals surface area (Å²) in [6.07, 6.45) is 4.20. The molecule has 9 heteroatoms. The van der Waals surface area contributed by atoms with Gasteiger partial charge in [0.2, 0.25) is 0 Å². The lowest BCUT2D eigenvalue weighted by Crippen LogP contribution is -2.21. The predicted molar refractivity (Wildman–Crippen MR) is 70.6 cm³/mol. The van der Waals surface area contributed by atoms with Gasteiger partial charge in [0.1, 0.15) is 0 Å². The molecule has 0 spiro atoms. The number of rotatable bonds is 3. The van der Waals surface area contributed by atoms with Crippen molar-refractivity contribution in [3.63, 3.8) is 0 Å². The fourth-order valence-electron chi connectivity index (χ4n) is 0.943. The summed E-state index contributed by atoms with van der Waals surface area (Å²) in [4.78, 5) is 13.4. The zero-order valence-electron chi connectivity index (χ0n) is 11.6. The van der Waals surface area contributed by atoms with Crippen LogP contribution < -0.4 is 0 Å². The number of nitrogens with zero attached hydrogens (tertiary/aromatic N) is 2. The lowest BCUT2D eigenvalue weighted by Gasteiger charge is -2.14. The largest absolute Gasteiger partial charge is 0.481 e. The number of aliphatic carboxylic acids is 1. The van der Waals surface area contributed by atoms with Gasteiger partial charge >= 0.3 is 10.4 Å². The first kappa shape index (κ1) is 20.0. The maximum atomic E-state index is 9.56. The van der Waals surface area contributed by atoms with E-state index in [1.165, 1.54) is 6.92 Å². The molecule has 0 aromatic carbocycles. The summed E-state index contributed by atoms with van der Waals surface area (Å²) in [6.45, 7) is 6.84. The molecule has 0 saturated heterocycles. The summed E-state index contributed by atoms with van der Waals surface area (Å²) in [5, 5.41) is 7.42. The highest BCUT2D eigenvalue weighted by molar-refractivity contribution is 7.80. The topological polar surface area (TPSA) is 107 Å². The summed E-state index contributed by atoms with van der Waals surface area (Å²) in [5.74, 6) is -0.833. The van der Waals surface area contributed by atoms with Crippen LogP contribution in [0.15, 0.2) is 12.4 Å². The number of carboxylic acids is 1. The van der Waals surface area contributed by atoms with Gasteiger partial charge in [-0.15, -0.1) is 0 Å². The summed E-state index contributed by atoms with van der Waals surface area (Å²) >= 11 is 0. The molecule has 2 N–H and O–H groups in total. The van der Waals surface area contributed by atoms with Crippen LogP contribution in [0, 0.1) is 0 Å². The Labute approximate surface area is 114 Å². The fraction of sp³-hybridized carbons (Fsp3) is 0.700. The van der Waals surface area contributed by atoms with Gasteiger partial charge in [0.25, 0.3) is 5.97 Å². The van der Waals surface area contributed by atoms with Gasteiger partial charge in [0, 0.05) is 32.9 Å². The predicted octanol–water partition coefficient (Wildman–Crippen LogP) is 0.599. The molecular weight excluding hydrogens is 276 g/mol. The Kier molecular flexibility index (Phi) is 11.1. The second-order valence-corrected chi connectivity index (χ2v) is 4.55. The molecule has 0 unspecified atom stereocenters. The number of hydrogen-bond donors (Lipinski definition) is 2. The second-order valence-electron chi connectivity index (χ2n) is 3.45. The van der Waals surface area contributed by atoms with Crippen LogP contribution in [0.2, 0.25) is 0 Å². The molecule has 0 aromatic heterocycles. The van der Waals surface area contributed by atoms with Gasteiger partial charge in [-0.3, -0.25) is 9.35 Å². The minimum absolute atomic E-state index is 0.0289. The highest BCUT2D eigenvalue weighted by Gasteiger charge is 2.03. The normalized spacial score (nSPS) is 13.3. The Balaban J connectivity index is 0. The average Bonchev–Trinajstić information content (AvgIpc) is 2.62. The van der Waals surface area contributed by atoms with Crippen molar-refractivity contribution in [2.75, 3.05) is 26.9 Å². The zero-order valence-corrected chi connectivity index (χ0v) is 12.4. The van der Waals surface area contributed by atoms with Crippen LogP contribution in [0.5, 0.6) is 0 Å². The minimum atomic E-state index is -4.17. The van der Waals surface area contributed by atoms with E-state index in [-0.39, 0.29) is 6.61 Å². The van der Waals surface area contributed by atoms with E-state index in [2.05, 4.69) is 40.4 Å². The van der Waals surface area contributed by atoms with E-state index in [1.54, 1.807) is 0 Å². The van der Waals surface area contributed by atoms with E-state index in [1.807, 2.05) is 0 Å². The SMILES string of the molecule is CC(=O)O.CCN1C=CN(C)C1.CCOS(=O)(=O)O. The van der Waals surface area contributed by atoms with Gasteiger partial charge in [-0.2, -0.15) is 8.42 Å². The molecule has 0 fully saturated rings. The summed E-state index contributed by atoms with van der Waals surface area (Å²) < 4.78 is 30.7. The molecule has 0 bridgehead atoms. The van der Waals surface area contributed by atoms with Gasteiger partial charge < -0.3 is 14.9 Å². The third-order valence-corrected chi connectivity index (χ3v) is 2.14. The summed E-state index contributed by atoms with van der Waals surface area (Å²) in [7, 11) is -2.10. The monoisotopic (exact) mass is 298 g/mol. The Morgan fingerprint density at radius 1 is 1.37 bits per heavy atom. The Morgan fingerprint density at radius 3 is 1.95 bits per heavy atom. The van der Waals surface area contributed by atoms with Crippen molar-refractivity contribution in [2.45, 2.75) is 20.8 Å². The highest BCUT2D eigenvalue weighted by Crippen LogP contribution is 2.00. The molecule has 0 aliphatic carbocycles. The van der Waals surface area contributed by atoms with Gasteiger partial charge in [0.15, 0.2) is 0 Å². The van der Waals surface area contributed by atoms with Crippen LogP contribution in [0.25, 0.3) is 0 Å². The van der Waals surface area contributed by atoms with Crippen LogP contribution in [0.3, 0.4) is 0 Å². The van der Waals surface area contributed by atoms with Crippen LogP contribution in [-0.4, -0.2) is 60.7 Å². The number of carbonyl (C=O) groups is 1. The smallest absolute Gasteiger partial charge is 0.397 e. The van der Waals surface area contributed by atoms with E-state index in [0.717, 1.165) is 20.1 Å². The molecule has 0 saturated carbocycles. The molecule has 1 heterocycles. The van der Waals surface area contributed by atoms with Crippen LogP contribution in [0.4, 0.5) is 0 Å². The molecular formula is C10H22N2O6S. The van der Waals surface area contributed by atoms with Gasteiger partial charge in [-0.1, -0.05) is 0 Å². The van der Waals surface area contributed by atoms with Gasteiger partial charge in [-0.05, 0) is 13.8 Å². The third-order valence-electron chi connectivity index (χ3n) is 1.61. The van der Waals surface area contributed by atoms with Crippen LogP contribution >= 0.6 is 0 Å². The lowest BCUT2D eigenvalue weighted by molar-refractivity contribution is -0.134. The van der Waals surface area contributed by atoms with Crippen molar-refractivity contribution in [1.82, 2.24) is 9.80 Å². The van der Waals surface area contributed by atoms with Crippen molar-refractivity contribution < 1.29 is 27.1 Å². The van der Waals surface area contributed by atoms with E-state index in [4.69, 9.17) is 14.5 Å². The minimum Gasteiger partial charge on any atom is -0.481 e. The molecule has 1 rings (SSSR count). The van der Waals surface area contributed by atoms with E-state index < -0.39 is 16.4 Å². The van der Waals surface area contributed by atoms with Gasteiger partial charge in [-0.25, -0.2) is 4.18 Å². The molecule has 1 aliphatic rings. The van der Waals surface area contributed by atoms with Crippen molar-refractivity contribution >= 4 is 16.4 Å². The Hall–Kier alpha value is -1.32. The van der Waals surface area contributed by atoms with Crippen molar-refractivity contribution in [3.8, 4) is 0 Å². The second kappa shape index (κ2) is 10.6. The zero-order chi connectivity index (χ0) is 15.5. The molecule has 1 aliphatic heterocycles. The lowest BCUT2D eigenvalue weighted by atomic mass is 10.6. The van der Waals surface area contributed by atoms with E-state index in [9.17, 15) is 8.42 Å². The highest BCUT2D eigenvalue weighted by atomic mass is 32.3. The van der Waals surface area contributed by atoms with Gasteiger partial charge in [0.05, 0.1) is 13.3 Å². The first-order chi connectivity index (χ1) is 8.62. The van der Waals surface area contributed by atoms with Crippen LogP contribution in [0.1, 0.15) is 20.8 Å². The quantitative estimate of drug-likeness (QED) is 0.729. The molecule has 0 atom stereocenters. The number of hydrogen-bond acceptors (Lipinski definition) is 6. The van der Waals surface area contributed by atoms with E-state index >= 15 is 0 Å². The first-order valence-corrected chi connectivity index (χ1v) is 6.92. The standard InChI is InChI=1S/C6H12N2.C2H6O4S.C2H4O2/c1-3-8-5-4-7(2)6-8;1-2-6-7(3,4)5;1-2(3)4/h4-5H,3,6H2,1-2H3;2H2,1H3,(H,3,4,5);1H3,(H,3,4). The Bertz CT molecular complexity index is 364. The Morgan fingerprint density at radius 2 is 1.84 bits per heavy atom. The third kappa shape index (κ3) is 19.2. The maximum absolute atomic E-state index is 9.56. The summed E-state index contributed by atoms with van der Waals surface area (Å²) in [5.41, 5.74) is 0. The molecule has 114 valence electrons. The molecule has 0 aromatic rings. The van der Waals surface area contributed by atoms with E-state index in [0.29, 0.717) is 0 Å². The molecule has 8 nitrogen and oxygen atoms in total. The first-order valence-electron chi connectivity index (χ1n) is 5.56. The average molecular weight is 298 g/mol. The molecule has 0 amide bonds. The fourth-order valence-corrected chi connectivity index (χ4v) is 1.24. The summed E-state index contributed by atoms with van der Waals surface area (Å²) in [6, 6.07) is 0. The van der Waals surface area contributed by atoms with Crippen molar-refractivity contribution in [3.05, 3.63) is 12.4 Å². The number of carboxylic acid groups (broad SMARTS) is 1. The molecule has 19 heavy (non-hydrogen) atoms. The van der Waals surface area contributed by atoms with Crippen molar-refractivity contribution in [1.29, 1.82) is 0 Å². The van der Waals surface area contributed by atoms with Crippen molar-refractivity contribution in [2.24, 2.45) is 0 Å². The molecule has 0 radical (unpaired) electrons.